The molecule has 3 atom stereocenters. The quantitative estimate of drug-likeness (QED) is 0.728. The Morgan fingerprint density at radius 3 is 2.70 bits per heavy atom. The van der Waals surface area contributed by atoms with E-state index in [1.54, 1.807) is 12.1 Å². The molecule has 0 radical (unpaired) electrons. The molecule has 2 saturated heterocycles. The number of ether oxygens (including phenoxy) is 2. The van der Waals surface area contributed by atoms with E-state index < -0.39 is 6.10 Å². The van der Waals surface area contributed by atoms with E-state index in [1.807, 2.05) is 18.2 Å². The van der Waals surface area contributed by atoms with E-state index in [0.717, 1.165) is 26.1 Å². The van der Waals surface area contributed by atoms with Crippen LogP contribution in [-0.2, 0) is 9.47 Å². The maximum absolute atomic E-state index is 12.0. The molecule has 0 saturated carbocycles. The molecule has 6 heteroatoms. The lowest BCUT2D eigenvalue weighted by Gasteiger charge is -2.27. The minimum atomic E-state index is -0.617. The molecule has 2 aliphatic rings. The molecule has 6 nitrogen and oxygen atoms in total. The molecule has 1 aromatic rings. The van der Waals surface area contributed by atoms with Gasteiger partial charge in [0.15, 0.2) is 0 Å². The van der Waals surface area contributed by atoms with Crippen molar-refractivity contribution < 1.29 is 19.4 Å². The molecule has 2 fully saturated rings. The third-order valence-electron chi connectivity index (χ3n) is 4.45. The predicted octanol–water partition coefficient (Wildman–Crippen LogP) is 0.313. The van der Waals surface area contributed by atoms with Crippen LogP contribution in [0.2, 0.25) is 0 Å². The first kappa shape index (κ1) is 16.4. The van der Waals surface area contributed by atoms with Gasteiger partial charge in [0.25, 0.3) is 5.91 Å². The molecule has 0 spiro atoms. The van der Waals surface area contributed by atoms with Crippen molar-refractivity contribution in [2.24, 2.45) is 0 Å². The van der Waals surface area contributed by atoms with Crippen molar-refractivity contribution in [2.75, 3.05) is 26.4 Å². The van der Waals surface area contributed by atoms with Crippen LogP contribution in [0.3, 0.4) is 0 Å². The number of aliphatic hydroxyl groups is 1. The molecule has 2 aliphatic heterocycles. The zero-order valence-electron chi connectivity index (χ0n) is 13.1. The summed E-state index contributed by atoms with van der Waals surface area (Å²) >= 11 is 0. The van der Waals surface area contributed by atoms with Crippen LogP contribution >= 0.6 is 0 Å². The molecular formula is C17H24N2O4. The van der Waals surface area contributed by atoms with Gasteiger partial charge in [-0.3, -0.25) is 4.79 Å². The van der Waals surface area contributed by atoms with Crippen molar-refractivity contribution in [1.29, 1.82) is 0 Å². The molecule has 0 aliphatic carbocycles. The van der Waals surface area contributed by atoms with Crippen molar-refractivity contribution >= 4 is 5.91 Å². The largest absolute Gasteiger partial charge is 0.389 e. The smallest absolute Gasteiger partial charge is 0.251 e. The number of amides is 1. The normalized spacial score (nSPS) is 28.7. The van der Waals surface area contributed by atoms with Crippen LogP contribution in [0.5, 0.6) is 0 Å². The van der Waals surface area contributed by atoms with Crippen molar-refractivity contribution in [3.63, 3.8) is 0 Å². The first-order chi connectivity index (χ1) is 11.2. The highest BCUT2D eigenvalue weighted by Crippen LogP contribution is 2.17. The van der Waals surface area contributed by atoms with Crippen LogP contribution < -0.4 is 10.6 Å². The lowest BCUT2D eigenvalue weighted by molar-refractivity contribution is 0.0376. The van der Waals surface area contributed by atoms with Crippen molar-refractivity contribution in [3.8, 4) is 0 Å². The molecule has 0 bridgehead atoms. The molecule has 1 aromatic carbocycles. The average molecular weight is 320 g/mol. The Hall–Kier alpha value is -1.47. The first-order valence-electron chi connectivity index (χ1n) is 8.21. The van der Waals surface area contributed by atoms with Crippen LogP contribution in [0.1, 0.15) is 23.2 Å². The van der Waals surface area contributed by atoms with E-state index in [0.29, 0.717) is 24.8 Å². The Balaban J connectivity index is 1.45. The van der Waals surface area contributed by atoms with Crippen LogP contribution in [-0.4, -0.2) is 61.7 Å². The van der Waals surface area contributed by atoms with E-state index in [-0.39, 0.29) is 18.1 Å². The standard InChI is InChI=1S/C17H24N2O4/c20-16-14(19-13-6-8-22-9-7-13)11-23-15(16)10-18-17(21)12-4-2-1-3-5-12/h1-5,13-16,19-20H,6-11H2,(H,18,21)/t14-,15-,16+/m1/s1. The second kappa shape index (κ2) is 7.88. The van der Waals surface area contributed by atoms with Gasteiger partial charge in [-0.1, -0.05) is 18.2 Å². The van der Waals surface area contributed by atoms with E-state index in [2.05, 4.69) is 10.6 Å². The van der Waals surface area contributed by atoms with Crippen LogP contribution in [0, 0.1) is 0 Å². The fourth-order valence-electron chi connectivity index (χ4n) is 3.06. The number of aliphatic hydroxyl groups excluding tert-OH is 1. The van der Waals surface area contributed by atoms with Gasteiger partial charge < -0.3 is 25.2 Å². The molecule has 126 valence electrons. The molecule has 2 heterocycles. The zero-order chi connectivity index (χ0) is 16.1. The summed E-state index contributed by atoms with van der Waals surface area (Å²) in [6, 6.07) is 9.31. The Kier molecular flexibility index (Phi) is 5.61. The van der Waals surface area contributed by atoms with Gasteiger partial charge >= 0.3 is 0 Å². The number of carbonyl (C=O) groups is 1. The predicted molar refractivity (Wildman–Crippen MR) is 85.3 cm³/mol. The molecular weight excluding hydrogens is 296 g/mol. The molecule has 1 amide bonds. The van der Waals surface area contributed by atoms with E-state index in [9.17, 15) is 9.90 Å². The van der Waals surface area contributed by atoms with Gasteiger partial charge in [0.1, 0.15) is 6.10 Å². The Labute approximate surface area is 136 Å². The second-order valence-electron chi connectivity index (χ2n) is 6.10. The van der Waals surface area contributed by atoms with Gasteiger partial charge in [0, 0.05) is 31.4 Å². The van der Waals surface area contributed by atoms with Gasteiger partial charge in [0.2, 0.25) is 0 Å². The highest BCUT2D eigenvalue weighted by atomic mass is 16.5. The third kappa shape index (κ3) is 4.29. The first-order valence-corrected chi connectivity index (χ1v) is 8.21. The second-order valence-corrected chi connectivity index (χ2v) is 6.10. The Morgan fingerprint density at radius 2 is 1.96 bits per heavy atom. The fourth-order valence-corrected chi connectivity index (χ4v) is 3.06. The van der Waals surface area contributed by atoms with Crippen molar-refractivity contribution in [2.45, 2.75) is 37.1 Å². The van der Waals surface area contributed by atoms with E-state index in [1.165, 1.54) is 0 Å². The maximum Gasteiger partial charge on any atom is 0.251 e. The highest BCUT2D eigenvalue weighted by molar-refractivity contribution is 5.94. The summed E-state index contributed by atoms with van der Waals surface area (Å²) in [6.45, 7) is 2.29. The van der Waals surface area contributed by atoms with Gasteiger partial charge in [-0.2, -0.15) is 0 Å². The zero-order valence-corrected chi connectivity index (χ0v) is 13.1. The lowest BCUT2D eigenvalue weighted by atomic mass is 10.0. The summed E-state index contributed by atoms with van der Waals surface area (Å²) in [5.74, 6) is -0.151. The van der Waals surface area contributed by atoms with Crippen LogP contribution in [0.15, 0.2) is 30.3 Å². The summed E-state index contributed by atoms with van der Waals surface area (Å²) in [5, 5.41) is 16.7. The van der Waals surface area contributed by atoms with Crippen LogP contribution in [0.25, 0.3) is 0 Å². The van der Waals surface area contributed by atoms with Gasteiger partial charge in [-0.15, -0.1) is 0 Å². The number of benzene rings is 1. The summed E-state index contributed by atoms with van der Waals surface area (Å²) in [6.07, 6.45) is 0.922. The van der Waals surface area contributed by atoms with Crippen molar-refractivity contribution in [1.82, 2.24) is 10.6 Å². The van der Waals surface area contributed by atoms with E-state index in [4.69, 9.17) is 9.47 Å². The summed E-state index contributed by atoms with van der Waals surface area (Å²) in [5.41, 5.74) is 0.608. The number of rotatable bonds is 5. The minimum absolute atomic E-state index is 0.0864. The molecule has 3 rings (SSSR count). The summed E-state index contributed by atoms with van der Waals surface area (Å²) < 4.78 is 11.0. The molecule has 3 N–H and O–H groups in total. The number of hydrogen-bond acceptors (Lipinski definition) is 5. The topological polar surface area (TPSA) is 79.8 Å². The van der Waals surface area contributed by atoms with Crippen LogP contribution in [0.4, 0.5) is 0 Å². The molecule has 23 heavy (non-hydrogen) atoms. The van der Waals surface area contributed by atoms with Gasteiger partial charge in [-0.25, -0.2) is 0 Å². The average Bonchev–Trinajstić information content (AvgIpc) is 2.94. The van der Waals surface area contributed by atoms with Crippen molar-refractivity contribution in [3.05, 3.63) is 35.9 Å². The lowest BCUT2D eigenvalue weighted by Crippen LogP contribution is -2.49. The SMILES string of the molecule is O=C(NC[C@H]1OC[C@@H](NC2CCOCC2)[C@@H]1O)c1ccccc1. The Morgan fingerprint density at radius 1 is 1.22 bits per heavy atom. The third-order valence-corrected chi connectivity index (χ3v) is 4.45. The fraction of sp³-hybridized carbons (Fsp3) is 0.588. The molecule has 0 aromatic heterocycles. The van der Waals surface area contributed by atoms with E-state index >= 15 is 0 Å². The van der Waals surface area contributed by atoms with Gasteiger partial charge in [0.05, 0.1) is 18.8 Å². The molecule has 0 unspecified atom stereocenters. The summed E-state index contributed by atoms with van der Waals surface area (Å²) in [7, 11) is 0. The summed E-state index contributed by atoms with van der Waals surface area (Å²) in [4.78, 5) is 12.0. The number of hydrogen-bond donors (Lipinski definition) is 3. The number of nitrogens with one attached hydrogen (secondary N) is 2. The monoisotopic (exact) mass is 320 g/mol. The Bertz CT molecular complexity index is 505. The number of carbonyl (C=O) groups excluding carboxylic acids is 1. The minimum Gasteiger partial charge on any atom is -0.389 e. The highest BCUT2D eigenvalue weighted by Gasteiger charge is 2.37. The van der Waals surface area contributed by atoms with Gasteiger partial charge in [-0.05, 0) is 25.0 Å². The maximum atomic E-state index is 12.0.